The Morgan fingerprint density at radius 3 is 2.18 bits per heavy atom. The van der Waals surface area contributed by atoms with Gasteiger partial charge in [-0.05, 0) is 44.2 Å². The summed E-state index contributed by atoms with van der Waals surface area (Å²) in [5, 5.41) is 0. The Morgan fingerprint density at radius 2 is 1.68 bits per heavy atom. The number of nitrogens with two attached hydrogens (primary N) is 1. The predicted octanol–water partition coefficient (Wildman–Crippen LogP) is 1.51. The maximum absolute atomic E-state index is 12.6. The van der Waals surface area contributed by atoms with Crippen LogP contribution in [0, 0.1) is 5.41 Å². The third-order valence-corrected chi connectivity index (χ3v) is 5.99. The minimum Gasteiger partial charge on any atom is -0.469 e. The smallest absolute Gasteiger partial charge is 0.324 e. The molecule has 1 atom stereocenters. The second-order valence-corrected chi connectivity index (χ2v) is 7.47. The number of primary amides is 1. The van der Waals surface area contributed by atoms with Gasteiger partial charge < -0.3 is 20.3 Å². The van der Waals surface area contributed by atoms with E-state index in [4.69, 9.17) is 10.5 Å². The van der Waals surface area contributed by atoms with Crippen LogP contribution in [0.25, 0.3) is 0 Å². The molecule has 0 bridgehead atoms. The Labute approximate surface area is 165 Å². The van der Waals surface area contributed by atoms with Crippen molar-refractivity contribution in [1.82, 2.24) is 14.7 Å². The maximum atomic E-state index is 12.6. The lowest BCUT2D eigenvalue weighted by molar-refractivity contribution is -0.190. The van der Waals surface area contributed by atoms with Crippen LogP contribution in [-0.2, 0) is 4.79 Å². The number of urea groups is 1. The topological polar surface area (TPSA) is 96.2 Å². The van der Waals surface area contributed by atoms with E-state index in [1.807, 2.05) is 25.8 Å². The Morgan fingerprint density at radius 1 is 1.11 bits per heavy atom. The molecule has 0 unspecified atom stereocenters. The molecule has 2 N–H and O–H groups in total. The second-order valence-electron chi connectivity index (χ2n) is 7.47. The number of hydrogen-bond acceptors (Lipinski definition) is 5. The summed E-state index contributed by atoms with van der Waals surface area (Å²) in [6.07, 6.45) is 0.375. The summed E-state index contributed by atoms with van der Waals surface area (Å²) in [4.78, 5) is 41.7. The van der Waals surface area contributed by atoms with Gasteiger partial charge in [0.15, 0.2) is 6.23 Å². The van der Waals surface area contributed by atoms with Crippen molar-refractivity contribution in [1.29, 1.82) is 0 Å². The standard InChI is InChI=1S/C20H28N4O4/c1-4-20(5-2)17(26)24(19(21)27)18(20)28-15-8-6-14(7-9-15)16(25)23-12-10-22(3)11-13-23/h6-9,18H,4-5,10-13H2,1-3H3,(H2,21,27)/t18-/m0/s1. The van der Waals surface area contributed by atoms with Crippen LogP contribution in [0.15, 0.2) is 24.3 Å². The SMILES string of the molecule is CCC1(CC)C(=O)N(C(N)=O)[C@H]1Oc1ccc(C(=O)N2CCN(C)CC2)cc1. The van der Waals surface area contributed by atoms with Crippen LogP contribution < -0.4 is 10.5 Å². The van der Waals surface area contributed by atoms with Gasteiger partial charge in [0.25, 0.3) is 5.91 Å². The van der Waals surface area contributed by atoms with E-state index >= 15 is 0 Å². The fourth-order valence-electron chi connectivity index (χ4n) is 3.91. The Kier molecular flexibility index (Phi) is 5.60. The van der Waals surface area contributed by atoms with Gasteiger partial charge in [0.1, 0.15) is 11.2 Å². The highest BCUT2D eigenvalue weighted by Gasteiger charge is 2.62. The Hall–Kier alpha value is -2.61. The monoisotopic (exact) mass is 388 g/mol. The number of β-lactam (4-membered cyclic amide) rings is 1. The molecule has 1 aromatic rings. The lowest BCUT2D eigenvalue weighted by Crippen LogP contribution is -2.73. The molecule has 1 aromatic carbocycles. The summed E-state index contributed by atoms with van der Waals surface area (Å²) in [6.45, 7) is 6.94. The fraction of sp³-hybridized carbons (Fsp3) is 0.550. The number of piperazine rings is 1. The average Bonchev–Trinajstić information content (AvgIpc) is 2.69. The molecule has 152 valence electrons. The zero-order chi connectivity index (χ0) is 20.5. The highest BCUT2D eigenvalue weighted by molar-refractivity contribution is 6.02. The lowest BCUT2D eigenvalue weighted by Gasteiger charge is -2.52. The number of amides is 4. The van der Waals surface area contributed by atoms with Crippen LogP contribution in [0.2, 0.25) is 0 Å². The van der Waals surface area contributed by atoms with Gasteiger partial charge >= 0.3 is 6.03 Å². The number of imide groups is 1. The van der Waals surface area contributed by atoms with Crippen molar-refractivity contribution in [2.45, 2.75) is 32.9 Å². The highest BCUT2D eigenvalue weighted by Crippen LogP contribution is 2.45. The predicted molar refractivity (Wildman–Crippen MR) is 104 cm³/mol. The molecule has 2 saturated heterocycles. The molecule has 2 aliphatic heterocycles. The summed E-state index contributed by atoms with van der Waals surface area (Å²) in [6, 6.07) is 6.01. The molecule has 28 heavy (non-hydrogen) atoms. The molecule has 0 radical (unpaired) electrons. The van der Waals surface area contributed by atoms with Gasteiger partial charge in [-0.25, -0.2) is 9.69 Å². The van der Waals surface area contributed by atoms with Gasteiger partial charge in [-0.3, -0.25) is 9.59 Å². The molecule has 8 nitrogen and oxygen atoms in total. The van der Waals surface area contributed by atoms with Crippen LogP contribution in [0.5, 0.6) is 5.75 Å². The number of ether oxygens (including phenoxy) is 1. The van der Waals surface area contributed by atoms with E-state index in [-0.39, 0.29) is 11.8 Å². The van der Waals surface area contributed by atoms with Crippen LogP contribution in [0.3, 0.4) is 0 Å². The van der Waals surface area contributed by atoms with Crippen LogP contribution in [-0.4, -0.2) is 72.0 Å². The summed E-state index contributed by atoms with van der Waals surface area (Å²) < 4.78 is 5.96. The molecule has 0 aliphatic carbocycles. The minimum atomic E-state index is -0.811. The molecule has 0 spiro atoms. The first-order chi connectivity index (χ1) is 13.3. The molecule has 2 fully saturated rings. The summed E-state index contributed by atoms with van der Waals surface area (Å²) in [5.41, 5.74) is 5.19. The van der Waals surface area contributed by atoms with Gasteiger partial charge in [0.05, 0.1) is 0 Å². The van der Waals surface area contributed by atoms with E-state index in [0.717, 1.165) is 18.0 Å². The molecule has 2 aliphatic rings. The number of rotatable bonds is 5. The van der Waals surface area contributed by atoms with Gasteiger partial charge in [-0.15, -0.1) is 0 Å². The third kappa shape index (κ3) is 3.32. The second kappa shape index (κ2) is 7.79. The largest absolute Gasteiger partial charge is 0.469 e. The molecule has 2 heterocycles. The quantitative estimate of drug-likeness (QED) is 0.772. The first-order valence-corrected chi connectivity index (χ1v) is 9.71. The zero-order valence-corrected chi connectivity index (χ0v) is 16.7. The van der Waals surface area contributed by atoms with Crippen molar-refractivity contribution in [2.24, 2.45) is 11.1 Å². The average molecular weight is 388 g/mol. The van der Waals surface area contributed by atoms with Crippen LogP contribution >= 0.6 is 0 Å². The highest BCUT2D eigenvalue weighted by atomic mass is 16.5. The number of carbonyl (C=O) groups excluding carboxylic acids is 3. The fourth-order valence-corrected chi connectivity index (χ4v) is 3.91. The number of likely N-dealkylation sites (N-methyl/N-ethyl adjacent to an activating group) is 1. The number of carbonyl (C=O) groups is 3. The third-order valence-electron chi connectivity index (χ3n) is 5.99. The van der Waals surface area contributed by atoms with E-state index < -0.39 is 17.7 Å². The summed E-state index contributed by atoms with van der Waals surface area (Å²) in [7, 11) is 2.04. The van der Waals surface area contributed by atoms with Gasteiger partial charge in [-0.1, -0.05) is 13.8 Å². The minimum absolute atomic E-state index is 0.00584. The van der Waals surface area contributed by atoms with Gasteiger partial charge in [0.2, 0.25) is 5.91 Å². The van der Waals surface area contributed by atoms with Crippen molar-refractivity contribution in [3.05, 3.63) is 29.8 Å². The van der Waals surface area contributed by atoms with E-state index in [9.17, 15) is 14.4 Å². The first-order valence-electron chi connectivity index (χ1n) is 9.71. The Balaban J connectivity index is 1.72. The van der Waals surface area contributed by atoms with Gasteiger partial charge in [-0.2, -0.15) is 0 Å². The molecule has 0 saturated carbocycles. The normalized spacial score (nSPS) is 22.0. The van der Waals surface area contributed by atoms with Crippen molar-refractivity contribution in [3.63, 3.8) is 0 Å². The van der Waals surface area contributed by atoms with Crippen molar-refractivity contribution >= 4 is 17.8 Å². The number of hydrogen-bond donors (Lipinski definition) is 1. The molecule has 8 heteroatoms. The van der Waals surface area contributed by atoms with Crippen molar-refractivity contribution in [2.75, 3.05) is 33.2 Å². The summed E-state index contributed by atoms with van der Waals surface area (Å²) in [5.74, 6) is 0.190. The first kappa shape index (κ1) is 20.1. The van der Waals surface area contributed by atoms with Crippen molar-refractivity contribution < 1.29 is 19.1 Å². The van der Waals surface area contributed by atoms with E-state index in [1.165, 1.54) is 0 Å². The zero-order valence-electron chi connectivity index (χ0n) is 16.7. The Bertz CT molecular complexity index is 752. The van der Waals surface area contributed by atoms with E-state index in [1.54, 1.807) is 24.3 Å². The van der Waals surface area contributed by atoms with Crippen molar-refractivity contribution in [3.8, 4) is 5.75 Å². The molecule has 0 aromatic heterocycles. The van der Waals surface area contributed by atoms with E-state index in [2.05, 4.69) is 4.90 Å². The molecule has 3 rings (SSSR count). The number of nitrogens with zero attached hydrogens (tertiary/aromatic N) is 3. The molecule has 4 amide bonds. The number of likely N-dealkylation sites (tertiary alicyclic amines) is 1. The number of benzene rings is 1. The van der Waals surface area contributed by atoms with E-state index in [0.29, 0.717) is 37.2 Å². The summed E-state index contributed by atoms with van der Waals surface area (Å²) >= 11 is 0. The van der Waals surface area contributed by atoms with Crippen LogP contribution in [0.1, 0.15) is 37.0 Å². The lowest BCUT2D eigenvalue weighted by atomic mass is 9.72. The maximum Gasteiger partial charge on any atom is 0.324 e. The molecular formula is C20H28N4O4. The van der Waals surface area contributed by atoms with Gasteiger partial charge in [0, 0.05) is 31.7 Å². The molecular weight excluding hydrogens is 360 g/mol. The van der Waals surface area contributed by atoms with Crippen LogP contribution in [0.4, 0.5) is 4.79 Å².